The normalized spacial score (nSPS) is 11.0. The summed E-state index contributed by atoms with van der Waals surface area (Å²) >= 11 is 0. The Hall–Kier alpha value is -1.55. The molecule has 0 saturated heterocycles. The minimum absolute atomic E-state index is 0.0671. The van der Waals surface area contributed by atoms with E-state index >= 15 is 0 Å². The maximum atomic E-state index is 10.3. The lowest BCUT2D eigenvalue weighted by atomic mass is 10.1. The molecule has 1 aromatic rings. The summed E-state index contributed by atoms with van der Waals surface area (Å²) in [4.78, 5) is 10.3. The van der Waals surface area contributed by atoms with Gasteiger partial charge in [-0.15, -0.1) is 0 Å². The van der Waals surface area contributed by atoms with Crippen LogP contribution in [0.1, 0.15) is 89.4 Å². The molecule has 0 amide bonds. The summed E-state index contributed by atoms with van der Waals surface area (Å²) in [6, 6.07) is 5.81. The van der Waals surface area contributed by atoms with Gasteiger partial charge < -0.3 is 14.7 Å². The van der Waals surface area contributed by atoms with Crippen molar-refractivity contribution in [1.82, 2.24) is 0 Å². The van der Waals surface area contributed by atoms with Crippen molar-refractivity contribution in [3.8, 4) is 5.75 Å². The Morgan fingerprint density at radius 1 is 0.778 bits per heavy atom. The fourth-order valence-electron chi connectivity index (χ4n) is 3.30. The van der Waals surface area contributed by atoms with E-state index in [-0.39, 0.29) is 11.3 Å². The second-order valence-corrected chi connectivity index (χ2v) is 7.47. The molecule has 0 aliphatic heterocycles. The predicted molar refractivity (Wildman–Crippen MR) is 114 cm³/mol. The largest absolute Gasteiger partial charge is 0.507 e. The summed E-state index contributed by atoms with van der Waals surface area (Å²) in [5, 5.41) is 17.3. The third kappa shape index (κ3) is 11.0. The molecular formula is C23H42NO3+. The smallest absolute Gasteiger partial charge is 0.339 e. The van der Waals surface area contributed by atoms with Gasteiger partial charge in [0.15, 0.2) is 0 Å². The highest BCUT2D eigenvalue weighted by Crippen LogP contribution is 2.16. The molecule has 0 radical (unpaired) electrons. The van der Waals surface area contributed by atoms with E-state index in [2.05, 4.69) is 27.7 Å². The molecule has 27 heavy (non-hydrogen) atoms. The standard InChI is InChI=1S/C16H36N.C7H6O3/c1-5-9-13-17(14-10-6-2,15-11-7-3)16-12-8-4;8-6-4-2-1-3-5(6)7(9)10/h5-16H2,1-4H3;1-4,8H,(H,9,10)/q+1;. The highest BCUT2D eigenvalue weighted by atomic mass is 16.4. The van der Waals surface area contributed by atoms with Gasteiger partial charge in [0.05, 0.1) is 26.2 Å². The van der Waals surface area contributed by atoms with Gasteiger partial charge in [-0.2, -0.15) is 0 Å². The molecule has 0 aliphatic rings. The van der Waals surface area contributed by atoms with E-state index in [0.717, 1.165) is 0 Å². The fourth-order valence-corrected chi connectivity index (χ4v) is 3.30. The number of hydrogen-bond acceptors (Lipinski definition) is 2. The van der Waals surface area contributed by atoms with Crippen LogP contribution in [0.25, 0.3) is 0 Å². The van der Waals surface area contributed by atoms with Crippen LogP contribution in [0.15, 0.2) is 24.3 Å². The molecule has 2 N–H and O–H groups in total. The van der Waals surface area contributed by atoms with Crippen LogP contribution in [0.4, 0.5) is 0 Å². The van der Waals surface area contributed by atoms with E-state index in [1.54, 1.807) is 12.1 Å². The summed E-state index contributed by atoms with van der Waals surface area (Å²) < 4.78 is 1.42. The quantitative estimate of drug-likeness (QED) is 0.407. The van der Waals surface area contributed by atoms with Gasteiger partial charge in [-0.05, 0) is 37.8 Å². The minimum Gasteiger partial charge on any atom is -0.507 e. The molecule has 0 saturated carbocycles. The molecule has 4 heteroatoms. The number of quaternary nitrogens is 1. The maximum Gasteiger partial charge on any atom is 0.339 e. The van der Waals surface area contributed by atoms with Gasteiger partial charge in [-0.3, -0.25) is 0 Å². The number of unbranched alkanes of at least 4 members (excludes halogenated alkanes) is 4. The highest BCUT2D eigenvalue weighted by Gasteiger charge is 2.24. The first-order valence-electron chi connectivity index (χ1n) is 10.8. The Morgan fingerprint density at radius 2 is 1.15 bits per heavy atom. The second-order valence-electron chi connectivity index (χ2n) is 7.47. The van der Waals surface area contributed by atoms with Crippen LogP contribution in [-0.2, 0) is 0 Å². The van der Waals surface area contributed by atoms with Crippen molar-refractivity contribution >= 4 is 5.97 Å². The number of aromatic hydroxyl groups is 1. The average Bonchev–Trinajstić information content (AvgIpc) is 2.67. The lowest BCUT2D eigenvalue weighted by molar-refractivity contribution is -0.929. The number of benzene rings is 1. The van der Waals surface area contributed by atoms with Crippen molar-refractivity contribution in [2.24, 2.45) is 0 Å². The Balaban J connectivity index is 0.000000569. The molecule has 1 rings (SSSR count). The molecule has 0 aliphatic carbocycles. The molecule has 4 nitrogen and oxygen atoms in total. The molecule has 0 fully saturated rings. The van der Waals surface area contributed by atoms with Crippen LogP contribution in [0, 0.1) is 0 Å². The average molecular weight is 381 g/mol. The molecule has 156 valence electrons. The van der Waals surface area contributed by atoms with E-state index in [1.165, 1.54) is 94.2 Å². The summed E-state index contributed by atoms with van der Waals surface area (Å²) in [5.74, 6) is -1.31. The molecular weight excluding hydrogens is 338 g/mol. The number of hydrogen-bond donors (Lipinski definition) is 2. The lowest BCUT2D eigenvalue weighted by Crippen LogP contribution is -2.50. The first-order chi connectivity index (χ1) is 13.0. The Bertz CT molecular complexity index is 465. The van der Waals surface area contributed by atoms with Crippen molar-refractivity contribution in [3.05, 3.63) is 29.8 Å². The highest BCUT2D eigenvalue weighted by molar-refractivity contribution is 5.90. The van der Waals surface area contributed by atoms with Gasteiger partial charge in [-0.1, -0.05) is 65.5 Å². The van der Waals surface area contributed by atoms with Crippen molar-refractivity contribution in [1.29, 1.82) is 0 Å². The molecule has 0 spiro atoms. The maximum absolute atomic E-state index is 10.3. The van der Waals surface area contributed by atoms with Gasteiger partial charge in [0.25, 0.3) is 0 Å². The van der Waals surface area contributed by atoms with Gasteiger partial charge in [0.2, 0.25) is 0 Å². The number of carbonyl (C=O) groups is 1. The first kappa shape index (κ1) is 25.4. The molecule has 0 unspecified atom stereocenters. The zero-order valence-corrected chi connectivity index (χ0v) is 18.0. The van der Waals surface area contributed by atoms with Gasteiger partial charge in [0.1, 0.15) is 11.3 Å². The summed E-state index contributed by atoms with van der Waals surface area (Å²) in [6.45, 7) is 15.0. The molecule has 0 aromatic heterocycles. The van der Waals surface area contributed by atoms with Crippen LogP contribution >= 0.6 is 0 Å². The van der Waals surface area contributed by atoms with Crippen LogP contribution in [-0.4, -0.2) is 46.8 Å². The monoisotopic (exact) mass is 380 g/mol. The van der Waals surface area contributed by atoms with Crippen molar-refractivity contribution in [2.45, 2.75) is 79.1 Å². The van der Waals surface area contributed by atoms with Crippen LogP contribution < -0.4 is 0 Å². The number of aromatic carboxylic acids is 1. The van der Waals surface area contributed by atoms with E-state index in [1.807, 2.05) is 0 Å². The Morgan fingerprint density at radius 3 is 1.41 bits per heavy atom. The third-order valence-corrected chi connectivity index (χ3v) is 5.08. The van der Waals surface area contributed by atoms with Crippen LogP contribution in [0.5, 0.6) is 5.75 Å². The number of para-hydroxylation sites is 1. The van der Waals surface area contributed by atoms with Crippen molar-refractivity contribution < 1.29 is 19.5 Å². The number of carboxylic acid groups (broad SMARTS) is 1. The van der Waals surface area contributed by atoms with Crippen LogP contribution in [0.3, 0.4) is 0 Å². The van der Waals surface area contributed by atoms with E-state index in [0.29, 0.717) is 0 Å². The number of rotatable bonds is 13. The zero-order valence-electron chi connectivity index (χ0n) is 18.0. The lowest BCUT2D eigenvalue weighted by Gasteiger charge is -2.39. The zero-order chi connectivity index (χ0) is 20.5. The van der Waals surface area contributed by atoms with Gasteiger partial charge in [0, 0.05) is 0 Å². The summed E-state index contributed by atoms with van der Waals surface area (Å²) in [5.41, 5.74) is -0.0671. The van der Waals surface area contributed by atoms with Crippen molar-refractivity contribution in [3.63, 3.8) is 0 Å². The third-order valence-electron chi connectivity index (χ3n) is 5.08. The van der Waals surface area contributed by atoms with Gasteiger partial charge >= 0.3 is 5.97 Å². The summed E-state index contributed by atoms with van der Waals surface area (Å²) in [7, 11) is 0. The minimum atomic E-state index is -1.11. The molecule has 1 aromatic carbocycles. The Kier molecular flexibility index (Phi) is 14.6. The topological polar surface area (TPSA) is 57.5 Å². The van der Waals surface area contributed by atoms with Crippen molar-refractivity contribution in [2.75, 3.05) is 26.2 Å². The molecule has 0 heterocycles. The molecule has 0 bridgehead atoms. The SMILES string of the molecule is CCCC[N+](CCCC)(CCCC)CCCC.O=C(O)c1ccccc1O. The van der Waals surface area contributed by atoms with E-state index in [9.17, 15) is 4.79 Å². The Labute approximate surface area is 166 Å². The fraction of sp³-hybridized carbons (Fsp3) is 0.696. The van der Waals surface area contributed by atoms with Gasteiger partial charge in [-0.25, -0.2) is 4.79 Å². The van der Waals surface area contributed by atoms with E-state index in [4.69, 9.17) is 10.2 Å². The number of carboxylic acids is 1. The number of nitrogens with zero attached hydrogens (tertiary/aromatic N) is 1. The number of phenols is 1. The van der Waals surface area contributed by atoms with E-state index < -0.39 is 5.97 Å². The second kappa shape index (κ2) is 15.5. The molecule has 0 atom stereocenters. The first-order valence-corrected chi connectivity index (χ1v) is 10.8. The summed E-state index contributed by atoms with van der Waals surface area (Å²) in [6.07, 6.45) is 11.1. The van der Waals surface area contributed by atoms with Crippen LogP contribution in [0.2, 0.25) is 0 Å². The predicted octanol–water partition coefficient (Wildman–Crippen LogP) is 6.09.